The van der Waals surface area contributed by atoms with Gasteiger partial charge in [-0.3, -0.25) is 9.59 Å². The molecule has 0 spiro atoms. The molecule has 4 atom stereocenters. The van der Waals surface area contributed by atoms with Crippen LogP contribution in [0.5, 0.6) is 0 Å². The summed E-state index contributed by atoms with van der Waals surface area (Å²) in [5, 5.41) is 26.6. The molecule has 2 saturated heterocycles. The molecule has 2 aromatic rings. The van der Waals surface area contributed by atoms with Gasteiger partial charge in [0.25, 0.3) is 0 Å². The lowest BCUT2D eigenvalue weighted by Crippen LogP contribution is -2.48. The molecule has 2 amide bonds. The maximum Gasteiger partial charge on any atom is 0.243 e. The second kappa shape index (κ2) is 11.8. The van der Waals surface area contributed by atoms with Gasteiger partial charge in [-0.15, -0.1) is 0 Å². The topological polar surface area (TPSA) is 140 Å². The lowest BCUT2D eigenvalue weighted by Gasteiger charge is -2.30. The number of nitriles is 1. The summed E-state index contributed by atoms with van der Waals surface area (Å²) in [4.78, 5) is 41.6. The predicted molar refractivity (Wildman–Crippen MR) is 139 cm³/mol. The van der Waals surface area contributed by atoms with Gasteiger partial charge in [0.1, 0.15) is 18.2 Å². The van der Waals surface area contributed by atoms with E-state index in [4.69, 9.17) is 9.78 Å². The van der Waals surface area contributed by atoms with Crippen LogP contribution in [0.1, 0.15) is 68.9 Å². The van der Waals surface area contributed by atoms with Crippen LogP contribution in [0.3, 0.4) is 0 Å². The summed E-state index contributed by atoms with van der Waals surface area (Å²) in [6, 6.07) is 9.64. The molecule has 10 heteroatoms. The Bertz CT molecular complexity index is 1180. The summed E-state index contributed by atoms with van der Waals surface area (Å²) in [5.41, 5.74) is 1.36. The molecule has 2 aliphatic heterocycles. The fourth-order valence-electron chi connectivity index (χ4n) is 5.30. The van der Waals surface area contributed by atoms with Gasteiger partial charge in [-0.1, -0.05) is 31.1 Å². The molecule has 3 heterocycles. The van der Waals surface area contributed by atoms with Crippen molar-refractivity contribution in [2.75, 3.05) is 24.5 Å². The Morgan fingerprint density at radius 2 is 1.89 bits per heavy atom. The number of aliphatic hydroxyl groups is 1. The highest BCUT2D eigenvalue weighted by molar-refractivity contribution is 5.91. The number of likely N-dealkylation sites (tertiary alicyclic amines) is 1. The number of piperidine rings is 1. The Labute approximate surface area is 222 Å². The van der Waals surface area contributed by atoms with E-state index in [0.29, 0.717) is 30.2 Å². The third kappa shape index (κ3) is 5.89. The molecule has 0 saturated carbocycles. The van der Waals surface area contributed by atoms with Crippen LogP contribution < -0.4 is 10.2 Å². The van der Waals surface area contributed by atoms with E-state index in [1.165, 1.54) is 4.90 Å². The van der Waals surface area contributed by atoms with Crippen LogP contribution in [-0.4, -0.2) is 65.0 Å². The highest BCUT2D eigenvalue weighted by atomic mass is 16.5. The van der Waals surface area contributed by atoms with E-state index >= 15 is 0 Å². The van der Waals surface area contributed by atoms with E-state index in [2.05, 4.69) is 21.4 Å². The Balaban J connectivity index is 1.47. The van der Waals surface area contributed by atoms with Crippen LogP contribution >= 0.6 is 0 Å². The number of rotatable bonds is 8. The van der Waals surface area contributed by atoms with E-state index in [1.54, 1.807) is 30.3 Å². The van der Waals surface area contributed by atoms with E-state index in [1.807, 2.05) is 20.8 Å². The first-order chi connectivity index (χ1) is 18.2. The third-order valence-electron chi connectivity index (χ3n) is 7.57. The number of anilines is 1. The second-order valence-corrected chi connectivity index (χ2v) is 10.6. The van der Waals surface area contributed by atoms with E-state index in [0.717, 1.165) is 24.7 Å². The molecule has 202 valence electrons. The lowest BCUT2D eigenvalue weighted by atomic mass is 9.91. The van der Waals surface area contributed by atoms with Crippen molar-refractivity contribution >= 4 is 23.9 Å². The number of β-amino-alcohol motifs (C(OH)–C–C–N with tert-alkyl or cyclic N) is 1. The fraction of sp³-hybridized carbons (Fsp3) is 0.536. The van der Waals surface area contributed by atoms with Crippen LogP contribution in [0.25, 0.3) is 0 Å². The van der Waals surface area contributed by atoms with Gasteiger partial charge in [0.15, 0.2) is 11.6 Å². The van der Waals surface area contributed by atoms with Gasteiger partial charge < -0.3 is 29.5 Å². The number of hydrogen-bond donors (Lipinski definition) is 2. The summed E-state index contributed by atoms with van der Waals surface area (Å²) in [6.45, 7) is 7.10. The Morgan fingerprint density at radius 1 is 1.21 bits per heavy atom. The standard InChI is InChI=1S/C28H35N5O5/c1-17(2)26(24-13-25(31-38-24)32-10-8-20(16-34)9-11-32)28(37)33-15-22(35)12-23(33)27(36)30-18(3)21-6-4-19(14-29)5-7-21/h4-7,13,16-18,20,22-23,26,35H,8-12,15H2,1-3H3,(H,30,36)/t18?,22-,23?,26-/m1/s1. The molecule has 0 radical (unpaired) electrons. The summed E-state index contributed by atoms with van der Waals surface area (Å²) in [7, 11) is 0. The fourth-order valence-corrected chi connectivity index (χ4v) is 5.30. The predicted octanol–water partition coefficient (Wildman–Crippen LogP) is 2.54. The summed E-state index contributed by atoms with van der Waals surface area (Å²) >= 11 is 0. The minimum absolute atomic E-state index is 0.0611. The molecule has 1 aromatic heterocycles. The second-order valence-electron chi connectivity index (χ2n) is 10.6. The minimum Gasteiger partial charge on any atom is -0.391 e. The van der Waals surface area contributed by atoms with Crippen molar-refractivity contribution in [3.05, 3.63) is 47.2 Å². The largest absolute Gasteiger partial charge is 0.391 e. The molecular formula is C28H35N5O5. The Hall–Kier alpha value is -3.71. The molecule has 0 aliphatic carbocycles. The maximum atomic E-state index is 13.8. The number of aromatic nitrogens is 1. The van der Waals surface area contributed by atoms with Gasteiger partial charge in [0, 0.05) is 38.0 Å². The molecule has 10 nitrogen and oxygen atoms in total. The van der Waals surface area contributed by atoms with Crippen molar-refractivity contribution in [2.24, 2.45) is 11.8 Å². The van der Waals surface area contributed by atoms with Gasteiger partial charge in [-0.25, -0.2) is 0 Å². The SMILES string of the molecule is CC(NC(=O)C1C[C@@H](O)CN1C(=O)[C@@H](c1cc(N2CCC(C=O)CC2)no1)C(C)C)c1ccc(C#N)cc1. The number of nitrogens with one attached hydrogen (secondary N) is 1. The summed E-state index contributed by atoms with van der Waals surface area (Å²) in [5.74, 6) is -0.315. The molecule has 2 N–H and O–H groups in total. The molecule has 2 fully saturated rings. The highest BCUT2D eigenvalue weighted by Crippen LogP contribution is 2.33. The molecule has 4 rings (SSSR count). The molecule has 2 unspecified atom stereocenters. The Morgan fingerprint density at radius 3 is 2.50 bits per heavy atom. The van der Waals surface area contributed by atoms with Crippen LogP contribution in [0.4, 0.5) is 5.82 Å². The zero-order valence-electron chi connectivity index (χ0n) is 22.0. The van der Waals surface area contributed by atoms with Crippen molar-refractivity contribution in [2.45, 2.75) is 64.1 Å². The zero-order valence-corrected chi connectivity index (χ0v) is 22.0. The maximum absolute atomic E-state index is 13.8. The van der Waals surface area contributed by atoms with Crippen molar-refractivity contribution in [3.8, 4) is 6.07 Å². The van der Waals surface area contributed by atoms with Gasteiger partial charge in [0.05, 0.1) is 23.8 Å². The van der Waals surface area contributed by atoms with Gasteiger partial charge in [0.2, 0.25) is 11.8 Å². The summed E-state index contributed by atoms with van der Waals surface area (Å²) < 4.78 is 5.64. The number of aldehydes is 1. The smallest absolute Gasteiger partial charge is 0.243 e. The number of amides is 2. The first-order valence-electron chi connectivity index (χ1n) is 13.2. The van der Waals surface area contributed by atoms with Crippen molar-refractivity contribution in [1.29, 1.82) is 5.26 Å². The minimum atomic E-state index is -0.815. The van der Waals surface area contributed by atoms with Crippen LogP contribution in [-0.2, 0) is 14.4 Å². The van der Waals surface area contributed by atoms with E-state index in [9.17, 15) is 19.5 Å². The zero-order chi connectivity index (χ0) is 27.4. The van der Waals surface area contributed by atoms with Crippen molar-refractivity contribution < 1.29 is 24.0 Å². The monoisotopic (exact) mass is 521 g/mol. The average Bonchev–Trinajstić information content (AvgIpc) is 3.55. The number of nitrogens with zero attached hydrogens (tertiary/aromatic N) is 4. The number of aliphatic hydroxyl groups excluding tert-OH is 1. The molecule has 0 bridgehead atoms. The third-order valence-corrected chi connectivity index (χ3v) is 7.57. The first-order valence-corrected chi connectivity index (χ1v) is 13.2. The number of benzene rings is 1. The number of carbonyl (C=O) groups is 3. The summed E-state index contributed by atoms with van der Waals surface area (Å²) in [6.07, 6.45) is 1.84. The van der Waals surface area contributed by atoms with Crippen LogP contribution in [0, 0.1) is 23.2 Å². The van der Waals surface area contributed by atoms with Gasteiger partial charge >= 0.3 is 0 Å². The average molecular weight is 522 g/mol. The van der Waals surface area contributed by atoms with E-state index in [-0.39, 0.29) is 42.7 Å². The normalized spacial score (nSPS) is 21.7. The lowest BCUT2D eigenvalue weighted by molar-refractivity contribution is -0.141. The van der Waals surface area contributed by atoms with Gasteiger partial charge in [-0.2, -0.15) is 5.26 Å². The van der Waals surface area contributed by atoms with Gasteiger partial charge in [-0.05, 0) is 43.4 Å². The molecular weight excluding hydrogens is 486 g/mol. The molecule has 2 aliphatic rings. The molecule has 1 aromatic carbocycles. The van der Waals surface area contributed by atoms with Crippen LogP contribution in [0.15, 0.2) is 34.9 Å². The van der Waals surface area contributed by atoms with Crippen molar-refractivity contribution in [3.63, 3.8) is 0 Å². The molecule has 38 heavy (non-hydrogen) atoms. The first kappa shape index (κ1) is 27.3. The number of hydrogen-bond acceptors (Lipinski definition) is 8. The van der Waals surface area contributed by atoms with Crippen molar-refractivity contribution in [1.82, 2.24) is 15.4 Å². The number of carbonyl (C=O) groups excluding carboxylic acids is 3. The van der Waals surface area contributed by atoms with E-state index < -0.39 is 18.1 Å². The van der Waals surface area contributed by atoms with Crippen LogP contribution in [0.2, 0.25) is 0 Å². The Kier molecular flexibility index (Phi) is 8.47. The quantitative estimate of drug-likeness (QED) is 0.505. The highest BCUT2D eigenvalue weighted by Gasteiger charge is 2.43.